The third kappa shape index (κ3) is 2.44. The zero-order chi connectivity index (χ0) is 14.9. The van der Waals surface area contributed by atoms with Crippen molar-refractivity contribution in [3.8, 4) is 0 Å². The summed E-state index contributed by atoms with van der Waals surface area (Å²) in [6.07, 6.45) is 0.152. The summed E-state index contributed by atoms with van der Waals surface area (Å²) in [4.78, 5) is 25.5. The van der Waals surface area contributed by atoms with Gasteiger partial charge in [0.15, 0.2) is 0 Å². The van der Waals surface area contributed by atoms with Crippen LogP contribution in [0.2, 0.25) is 0 Å². The lowest BCUT2D eigenvalue weighted by Crippen LogP contribution is -2.44. The molecule has 1 aliphatic heterocycles. The zero-order valence-corrected chi connectivity index (χ0v) is 11.6. The minimum absolute atomic E-state index is 0.0661. The molecule has 20 heavy (non-hydrogen) atoms. The first-order valence-corrected chi connectivity index (χ1v) is 6.59. The van der Waals surface area contributed by atoms with E-state index in [9.17, 15) is 14.7 Å². The Bertz CT molecular complexity index is 608. The van der Waals surface area contributed by atoms with E-state index in [-0.39, 0.29) is 24.2 Å². The molecule has 112 valence electrons. The number of H-pyrrole nitrogens is 1. The Kier molecular flexibility index (Phi) is 3.87. The summed E-state index contributed by atoms with van der Waals surface area (Å²) in [5, 5.41) is 13.2. The van der Waals surface area contributed by atoms with Crippen molar-refractivity contribution in [1.82, 2.24) is 9.55 Å². The summed E-state index contributed by atoms with van der Waals surface area (Å²) in [6, 6.07) is 0. The second kappa shape index (κ2) is 5.29. The number of hydrogen-bond acceptors (Lipinski definition) is 6. The lowest BCUT2D eigenvalue weighted by molar-refractivity contribution is -0.0176. The fourth-order valence-corrected chi connectivity index (χ4v) is 2.32. The van der Waals surface area contributed by atoms with Crippen LogP contribution in [0.25, 0.3) is 0 Å². The smallest absolute Gasteiger partial charge is 0.330 e. The molecule has 1 aromatic rings. The third-order valence-electron chi connectivity index (χ3n) is 3.79. The maximum absolute atomic E-state index is 11.8. The quantitative estimate of drug-likeness (QED) is 0.568. The highest BCUT2D eigenvalue weighted by atomic mass is 16.5. The maximum atomic E-state index is 11.8. The highest BCUT2D eigenvalue weighted by Gasteiger charge is 2.39. The van der Waals surface area contributed by atoms with Crippen LogP contribution < -0.4 is 22.3 Å². The Balaban J connectivity index is 2.26. The highest BCUT2D eigenvalue weighted by Crippen LogP contribution is 2.26. The van der Waals surface area contributed by atoms with Gasteiger partial charge in [-0.2, -0.15) is 0 Å². The number of aromatic nitrogens is 2. The summed E-state index contributed by atoms with van der Waals surface area (Å²) in [5.74, 6) is 0.0661. The van der Waals surface area contributed by atoms with Gasteiger partial charge in [-0.25, -0.2) is 4.79 Å². The van der Waals surface area contributed by atoms with Crippen LogP contribution in [0, 0.1) is 0 Å². The number of aliphatic hydroxyl groups is 1. The van der Waals surface area contributed by atoms with E-state index in [0.29, 0.717) is 19.6 Å². The average Bonchev–Trinajstić information content (AvgIpc) is 2.69. The molecule has 1 aliphatic rings. The Labute approximate surface area is 115 Å². The van der Waals surface area contributed by atoms with Crippen molar-refractivity contribution in [3.05, 3.63) is 20.8 Å². The lowest BCUT2D eigenvalue weighted by Gasteiger charge is -2.26. The molecule has 0 bridgehead atoms. The number of nitrogen functional groups attached to an aromatic ring is 1. The van der Waals surface area contributed by atoms with Gasteiger partial charge in [-0.05, 0) is 13.8 Å². The van der Waals surface area contributed by atoms with Gasteiger partial charge in [0.2, 0.25) is 0 Å². The Hall–Kier alpha value is -1.80. The molecule has 1 fully saturated rings. The molecule has 2 atom stereocenters. The predicted octanol–water partition coefficient (Wildman–Crippen LogP) is -0.909. The number of aromatic amines is 1. The first kappa shape index (κ1) is 14.6. The number of hydrogen-bond donors (Lipinski definition) is 4. The van der Waals surface area contributed by atoms with E-state index in [0.717, 1.165) is 0 Å². The molecule has 2 unspecified atom stereocenters. The number of rotatable bonds is 4. The van der Waals surface area contributed by atoms with Crippen LogP contribution >= 0.6 is 0 Å². The van der Waals surface area contributed by atoms with E-state index in [1.807, 2.05) is 0 Å². The number of nitrogens with two attached hydrogens (primary N) is 1. The molecule has 8 heteroatoms. The Morgan fingerprint density at radius 2 is 2.30 bits per heavy atom. The topological polar surface area (TPSA) is 122 Å². The molecular formula is C12H20N4O4. The van der Waals surface area contributed by atoms with Gasteiger partial charge in [0.1, 0.15) is 17.1 Å². The van der Waals surface area contributed by atoms with Crippen molar-refractivity contribution in [3.63, 3.8) is 0 Å². The molecular weight excluding hydrogens is 264 g/mol. The first-order valence-electron chi connectivity index (χ1n) is 6.59. The highest BCUT2D eigenvalue weighted by molar-refractivity contribution is 5.60. The third-order valence-corrected chi connectivity index (χ3v) is 3.79. The minimum atomic E-state index is -1.05. The molecule has 0 spiro atoms. The maximum Gasteiger partial charge on any atom is 0.330 e. The van der Waals surface area contributed by atoms with Crippen molar-refractivity contribution in [2.45, 2.75) is 38.5 Å². The number of ether oxygens (including phenoxy) is 1. The second-order valence-corrected chi connectivity index (χ2v) is 4.98. The molecule has 0 saturated carbocycles. The van der Waals surface area contributed by atoms with Gasteiger partial charge < -0.3 is 20.9 Å². The van der Waals surface area contributed by atoms with Crippen molar-refractivity contribution in [1.29, 1.82) is 0 Å². The van der Waals surface area contributed by atoms with Crippen LogP contribution in [0.4, 0.5) is 11.5 Å². The van der Waals surface area contributed by atoms with Crippen LogP contribution in [0.15, 0.2) is 9.59 Å². The van der Waals surface area contributed by atoms with Crippen molar-refractivity contribution in [2.24, 2.45) is 0 Å². The average molecular weight is 284 g/mol. The molecule has 2 rings (SSSR count). The fourth-order valence-electron chi connectivity index (χ4n) is 2.32. The predicted molar refractivity (Wildman–Crippen MR) is 74.9 cm³/mol. The van der Waals surface area contributed by atoms with Crippen LogP contribution in [0.1, 0.15) is 20.3 Å². The van der Waals surface area contributed by atoms with Gasteiger partial charge in [-0.1, -0.05) is 0 Å². The zero-order valence-electron chi connectivity index (χ0n) is 11.6. The van der Waals surface area contributed by atoms with E-state index in [4.69, 9.17) is 10.5 Å². The summed E-state index contributed by atoms with van der Waals surface area (Å²) in [7, 11) is 0. The molecule has 5 N–H and O–H groups in total. The second-order valence-electron chi connectivity index (χ2n) is 4.98. The van der Waals surface area contributed by atoms with Gasteiger partial charge in [-0.3, -0.25) is 14.3 Å². The fraction of sp³-hybridized carbons (Fsp3) is 0.667. The lowest BCUT2D eigenvalue weighted by atomic mass is 9.97. The molecule has 2 heterocycles. The van der Waals surface area contributed by atoms with E-state index in [1.54, 1.807) is 13.8 Å². The molecule has 0 radical (unpaired) electrons. The first-order chi connectivity index (χ1) is 9.39. The van der Waals surface area contributed by atoms with Crippen LogP contribution in [-0.4, -0.2) is 39.5 Å². The van der Waals surface area contributed by atoms with Gasteiger partial charge in [-0.15, -0.1) is 0 Å². The van der Waals surface area contributed by atoms with Gasteiger partial charge in [0, 0.05) is 26.1 Å². The minimum Gasteiger partial charge on any atom is -0.385 e. The largest absolute Gasteiger partial charge is 0.385 e. The monoisotopic (exact) mass is 284 g/mol. The van der Waals surface area contributed by atoms with Gasteiger partial charge in [0.05, 0.1) is 6.10 Å². The Morgan fingerprint density at radius 3 is 2.85 bits per heavy atom. The molecule has 0 amide bonds. The van der Waals surface area contributed by atoms with E-state index in [2.05, 4.69) is 10.3 Å². The van der Waals surface area contributed by atoms with E-state index >= 15 is 0 Å². The molecule has 0 aromatic carbocycles. The van der Waals surface area contributed by atoms with Crippen molar-refractivity contribution >= 4 is 11.5 Å². The number of nitrogens with one attached hydrogen (secondary N) is 2. The van der Waals surface area contributed by atoms with Crippen LogP contribution in [-0.2, 0) is 11.3 Å². The summed E-state index contributed by atoms with van der Waals surface area (Å²) >= 11 is 0. The van der Waals surface area contributed by atoms with Crippen LogP contribution in [0.5, 0.6) is 0 Å². The molecule has 8 nitrogen and oxygen atoms in total. The van der Waals surface area contributed by atoms with E-state index < -0.39 is 16.9 Å². The summed E-state index contributed by atoms with van der Waals surface area (Å²) < 4.78 is 6.57. The number of nitrogens with zero attached hydrogens (tertiary/aromatic N) is 1. The standard InChI is InChI=1S/C12H20N4O4/c1-3-16-9(13)8(10(17)15-11(16)18)14-6-12(19)4-5-20-7(12)2/h7,14,19H,3-6,13H2,1-2H3,(H,15,17,18). The van der Waals surface area contributed by atoms with Gasteiger partial charge in [0.25, 0.3) is 5.56 Å². The van der Waals surface area contributed by atoms with Gasteiger partial charge >= 0.3 is 5.69 Å². The summed E-state index contributed by atoms with van der Waals surface area (Å²) in [5.41, 5.74) is 3.74. The Morgan fingerprint density at radius 1 is 1.60 bits per heavy atom. The van der Waals surface area contributed by atoms with E-state index in [1.165, 1.54) is 4.57 Å². The SMILES string of the molecule is CCn1c(N)c(NCC2(O)CCOC2C)c(=O)[nH]c1=O. The molecule has 1 saturated heterocycles. The normalized spacial score (nSPS) is 25.9. The van der Waals surface area contributed by atoms with Crippen molar-refractivity contribution in [2.75, 3.05) is 24.2 Å². The van der Waals surface area contributed by atoms with Crippen LogP contribution in [0.3, 0.4) is 0 Å². The van der Waals surface area contributed by atoms with Crippen molar-refractivity contribution < 1.29 is 9.84 Å². The molecule has 0 aliphatic carbocycles. The summed E-state index contributed by atoms with van der Waals surface area (Å²) in [6.45, 7) is 4.47. The number of anilines is 2. The molecule has 1 aromatic heterocycles.